The molecule has 0 bridgehead atoms. The van der Waals surface area contributed by atoms with Gasteiger partial charge in [0.1, 0.15) is 0 Å². The average molecular weight is 239 g/mol. The molecule has 6 heteroatoms. The number of aliphatic carboxylic acids is 1. The Labute approximate surface area is 92.2 Å². The van der Waals surface area contributed by atoms with E-state index in [1.807, 2.05) is 13.8 Å². The van der Waals surface area contributed by atoms with E-state index in [0.717, 1.165) is 6.42 Å². The molecule has 0 radical (unpaired) electrons. The SMILES string of the molecule is CC1(C)CCN(CC(C(=O)O)C(F)(F)F)C1. The van der Waals surface area contributed by atoms with Crippen molar-refractivity contribution in [2.24, 2.45) is 11.3 Å². The van der Waals surface area contributed by atoms with Crippen LogP contribution in [0.1, 0.15) is 20.3 Å². The molecule has 0 saturated carbocycles. The third-order valence-electron chi connectivity index (χ3n) is 2.89. The van der Waals surface area contributed by atoms with E-state index in [0.29, 0.717) is 13.1 Å². The monoisotopic (exact) mass is 239 g/mol. The van der Waals surface area contributed by atoms with Crippen molar-refractivity contribution in [2.75, 3.05) is 19.6 Å². The Morgan fingerprint density at radius 3 is 2.38 bits per heavy atom. The van der Waals surface area contributed by atoms with Crippen LogP contribution in [-0.2, 0) is 4.79 Å². The van der Waals surface area contributed by atoms with E-state index in [9.17, 15) is 18.0 Å². The second kappa shape index (κ2) is 4.24. The van der Waals surface area contributed by atoms with Gasteiger partial charge in [-0.2, -0.15) is 13.2 Å². The van der Waals surface area contributed by atoms with E-state index >= 15 is 0 Å². The maximum atomic E-state index is 12.4. The highest BCUT2D eigenvalue weighted by molar-refractivity contribution is 5.71. The van der Waals surface area contributed by atoms with Gasteiger partial charge in [-0.25, -0.2) is 0 Å². The van der Waals surface area contributed by atoms with Gasteiger partial charge in [-0.1, -0.05) is 13.8 Å². The van der Waals surface area contributed by atoms with E-state index in [2.05, 4.69) is 0 Å². The molecule has 1 atom stereocenters. The molecule has 1 N–H and O–H groups in total. The first-order valence-corrected chi connectivity index (χ1v) is 5.14. The second-order valence-electron chi connectivity index (χ2n) is 5.08. The van der Waals surface area contributed by atoms with Crippen LogP contribution in [0.15, 0.2) is 0 Å². The van der Waals surface area contributed by atoms with Crippen molar-refractivity contribution in [3.05, 3.63) is 0 Å². The van der Waals surface area contributed by atoms with Crippen molar-refractivity contribution in [1.29, 1.82) is 0 Å². The molecule has 0 spiro atoms. The first-order chi connectivity index (χ1) is 7.12. The number of alkyl halides is 3. The summed E-state index contributed by atoms with van der Waals surface area (Å²) in [6, 6.07) is 0. The predicted molar refractivity (Wildman–Crippen MR) is 52.0 cm³/mol. The molecule has 1 unspecified atom stereocenters. The molecular weight excluding hydrogens is 223 g/mol. The molecule has 0 amide bonds. The molecule has 1 saturated heterocycles. The van der Waals surface area contributed by atoms with Gasteiger partial charge in [-0.05, 0) is 18.4 Å². The van der Waals surface area contributed by atoms with Crippen molar-refractivity contribution in [3.8, 4) is 0 Å². The minimum atomic E-state index is -4.67. The van der Waals surface area contributed by atoms with E-state index in [1.165, 1.54) is 0 Å². The predicted octanol–water partition coefficient (Wildman–Crippen LogP) is 1.98. The summed E-state index contributed by atoms with van der Waals surface area (Å²) in [7, 11) is 0. The first-order valence-electron chi connectivity index (χ1n) is 5.14. The third-order valence-corrected chi connectivity index (χ3v) is 2.89. The molecule has 1 heterocycles. The van der Waals surface area contributed by atoms with E-state index in [-0.39, 0.29) is 5.41 Å². The van der Waals surface area contributed by atoms with Crippen LogP contribution >= 0.6 is 0 Å². The highest BCUT2D eigenvalue weighted by Crippen LogP contribution is 2.32. The van der Waals surface area contributed by atoms with Crippen molar-refractivity contribution in [2.45, 2.75) is 26.4 Å². The lowest BCUT2D eigenvalue weighted by atomic mass is 9.93. The Kier molecular flexibility index (Phi) is 3.52. The van der Waals surface area contributed by atoms with Crippen molar-refractivity contribution in [3.63, 3.8) is 0 Å². The number of nitrogens with zero attached hydrogens (tertiary/aromatic N) is 1. The fourth-order valence-corrected chi connectivity index (χ4v) is 1.96. The molecule has 1 fully saturated rings. The van der Waals surface area contributed by atoms with Gasteiger partial charge in [0, 0.05) is 13.1 Å². The molecule has 0 aromatic heterocycles. The van der Waals surface area contributed by atoms with Crippen molar-refractivity contribution in [1.82, 2.24) is 4.90 Å². The standard InChI is InChI=1S/C10H16F3NO2/c1-9(2)3-4-14(6-9)5-7(8(15)16)10(11,12)13/h7H,3-6H2,1-2H3,(H,15,16). The maximum Gasteiger partial charge on any atom is 0.403 e. The molecule has 3 nitrogen and oxygen atoms in total. The number of hydrogen-bond acceptors (Lipinski definition) is 2. The number of likely N-dealkylation sites (tertiary alicyclic amines) is 1. The van der Waals surface area contributed by atoms with Crippen LogP contribution in [0.3, 0.4) is 0 Å². The van der Waals surface area contributed by atoms with Gasteiger partial charge in [0.15, 0.2) is 5.92 Å². The number of rotatable bonds is 3. The normalized spacial score (nSPS) is 23.3. The summed E-state index contributed by atoms with van der Waals surface area (Å²) in [5, 5.41) is 8.55. The topological polar surface area (TPSA) is 40.5 Å². The highest BCUT2D eigenvalue weighted by Gasteiger charge is 2.47. The zero-order chi connectivity index (χ0) is 12.6. The fraction of sp³-hybridized carbons (Fsp3) is 0.900. The molecule has 1 aliphatic rings. The fourth-order valence-electron chi connectivity index (χ4n) is 1.96. The lowest BCUT2D eigenvalue weighted by Crippen LogP contribution is -2.41. The Hall–Kier alpha value is -0.780. The van der Waals surface area contributed by atoms with Crippen molar-refractivity contribution >= 4 is 5.97 Å². The summed E-state index contributed by atoms with van der Waals surface area (Å²) in [4.78, 5) is 12.1. The Bertz CT molecular complexity index is 276. The van der Waals surface area contributed by atoms with Crippen LogP contribution in [0.25, 0.3) is 0 Å². The molecule has 94 valence electrons. The highest BCUT2D eigenvalue weighted by atomic mass is 19.4. The number of carboxylic acid groups (broad SMARTS) is 1. The third kappa shape index (κ3) is 3.37. The van der Waals surface area contributed by atoms with E-state index in [4.69, 9.17) is 5.11 Å². The molecule has 1 rings (SSSR count). The zero-order valence-electron chi connectivity index (χ0n) is 9.34. The van der Waals surface area contributed by atoms with Crippen LogP contribution in [0.2, 0.25) is 0 Å². The van der Waals surface area contributed by atoms with Crippen LogP contribution in [0, 0.1) is 11.3 Å². The summed E-state index contributed by atoms with van der Waals surface area (Å²) in [5.74, 6) is -4.07. The molecule has 1 aliphatic heterocycles. The van der Waals surface area contributed by atoms with Gasteiger partial charge in [0.25, 0.3) is 0 Å². The summed E-state index contributed by atoms with van der Waals surface area (Å²) in [5.41, 5.74) is -0.0192. The first kappa shape index (κ1) is 13.3. The quantitative estimate of drug-likeness (QED) is 0.818. The minimum Gasteiger partial charge on any atom is -0.481 e. The van der Waals surface area contributed by atoms with Crippen LogP contribution < -0.4 is 0 Å². The number of hydrogen-bond donors (Lipinski definition) is 1. The summed E-state index contributed by atoms with van der Waals surface area (Å²) in [6.07, 6.45) is -3.87. The molecule has 16 heavy (non-hydrogen) atoms. The van der Waals surface area contributed by atoms with Gasteiger partial charge in [0.2, 0.25) is 0 Å². The van der Waals surface area contributed by atoms with Crippen molar-refractivity contribution < 1.29 is 23.1 Å². The lowest BCUT2D eigenvalue weighted by molar-refractivity contribution is -0.196. The maximum absolute atomic E-state index is 12.4. The molecule has 0 aromatic carbocycles. The van der Waals surface area contributed by atoms with E-state index < -0.39 is 24.6 Å². The van der Waals surface area contributed by atoms with Gasteiger partial charge >= 0.3 is 12.1 Å². The minimum absolute atomic E-state index is 0.0192. The number of halogens is 3. The van der Waals surface area contributed by atoms with Crippen LogP contribution in [0.5, 0.6) is 0 Å². The molecule has 0 aromatic rings. The zero-order valence-corrected chi connectivity index (χ0v) is 9.34. The largest absolute Gasteiger partial charge is 0.481 e. The summed E-state index contributed by atoms with van der Waals surface area (Å²) in [6.45, 7) is 4.55. The summed E-state index contributed by atoms with van der Waals surface area (Å²) < 4.78 is 37.2. The summed E-state index contributed by atoms with van der Waals surface area (Å²) >= 11 is 0. The molecule has 0 aliphatic carbocycles. The van der Waals surface area contributed by atoms with Gasteiger partial charge < -0.3 is 10.0 Å². The van der Waals surface area contributed by atoms with Gasteiger partial charge in [0.05, 0.1) is 0 Å². The Morgan fingerprint density at radius 2 is 2.06 bits per heavy atom. The Balaban J connectivity index is 2.61. The van der Waals surface area contributed by atoms with Gasteiger partial charge in [-0.3, -0.25) is 4.79 Å². The lowest BCUT2D eigenvalue weighted by Gasteiger charge is -2.24. The second-order valence-corrected chi connectivity index (χ2v) is 5.08. The number of carbonyl (C=O) groups is 1. The van der Waals surface area contributed by atoms with E-state index in [1.54, 1.807) is 4.90 Å². The Morgan fingerprint density at radius 1 is 1.50 bits per heavy atom. The number of carboxylic acids is 1. The van der Waals surface area contributed by atoms with Crippen LogP contribution in [-0.4, -0.2) is 41.8 Å². The average Bonchev–Trinajstić information content (AvgIpc) is 2.38. The van der Waals surface area contributed by atoms with Crippen LogP contribution in [0.4, 0.5) is 13.2 Å². The van der Waals surface area contributed by atoms with Gasteiger partial charge in [-0.15, -0.1) is 0 Å². The smallest absolute Gasteiger partial charge is 0.403 e. The molecular formula is C10H16F3NO2.